The molecule has 0 radical (unpaired) electrons. The largest absolute Gasteiger partial charge is 0.366 e. The van der Waals surface area contributed by atoms with Crippen LogP contribution in [-0.2, 0) is 11.2 Å². The van der Waals surface area contributed by atoms with Crippen molar-refractivity contribution >= 4 is 5.91 Å². The first-order valence-electron chi connectivity index (χ1n) is 8.96. The van der Waals surface area contributed by atoms with Crippen molar-refractivity contribution in [2.45, 2.75) is 46.3 Å². The highest BCUT2D eigenvalue weighted by molar-refractivity contribution is 5.96. The zero-order valence-corrected chi connectivity index (χ0v) is 15.4. The van der Waals surface area contributed by atoms with Gasteiger partial charge in [-0.25, -0.2) is 0 Å². The number of aryl methyl sites for hydroxylation is 2. The van der Waals surface area contributed by atoms with E-state index in [0.717, 1.165) is 11.3 Å². The number of nitrogens with zero attached hydrogens (tertiary/aromatic N) is 2. The Morgan fingerprint density at radius 2 is 2.00 bits per heavy atom. The first-order valence-corrected chi connectivity index (χ1v) is 8.96. The summed E-state index contributed by atoms with van der Waals surface area (Å²) >= 11 is 0. The molecule has 1 aliphatic rings. The van der Waals surface area contributed by atoms with Gasteiger partial charge in [0.1, 0.15) is 17.4 Å². The molecule has 0 spiro atoms. The zero-order valence-electron chi connectivity index (χ0n) is 15.4. The second-order valence-corrected chi connectivity index (χ2v) is 6.94. The number of carbonyl (C=O) groups excluding carboxylic acids is 1. The molecular formula is C20H26N2O3. The Labute approximate surface area is 148 Å². The summed E-state index contributed by atoms with van der Waals surface area (Å²) in [6, 6.07) is 10.1. The molecule has 5 heteroatoms. The monoisotopic (exact) mass is 342 g/mol. The molecule has 5 nitrogen and oxygen atoms in total. The van der Waals surface area contributed by atoms with E-state index in [2.05, 4.69) is 31.1 Å². The number of rotatable bonds is 4. The van der Waals surface area contributed by atoms with Crippen LogP contribution in [0.5, 0.6) is 0 Å². The summed E-state index contributed by atoms with van der Waals surface area (Å²) in [4.78, 5) is 15.1. The minimum absolute atomic E-state index is 0.00755. The van der Waals surface area contributed by atoms with Crippen LogP contribution in [0, 0.1) is 12.8 Å². The lowest BCUT2D eigenvalue weighted by Crippen LogP contribution is -2.48. The van der Waals surface area contributed by atoms with Crippen molar-refractivity contribution in [1.29, 1.82) is 0 Å². The number of carbonyl (C=O) groups is 1. The van der Waals surface area contributed by atoms with Crippen LogP contribution in [0.1, 0.15) is 54.3 Å². The minimum atomic E-state index is -0.114. The Hall–Kier alpha value is -2.14. The summed E-state index contributed by atoms with van der Waals surface area (Å²) in [6.07, 6.45) is 0.572. The summed E-state index contributed by atoms with van der Waals surface area (Å²) in [6.45, 7) is 9.17. The highest BCUT2D eigenvalue weighted by atomic mass is 16.5. The molecule has 2 heterocycles. The van der Waals surface area contributed by atoms with Crippen molar-refractivity contribution < 1.29 is 14.1 Å². The van der Waals surface area contributed by atoms with Gasteiger partial charge in [-0.1, -0.05) is 56.3 Å². The maximum Gasteiger partial charge on any atom is 0.259 e. The van der Waals surface area contributed by atoms with E-state index in [4.69, 9.17) is 9.26 Å². The Bertz CT molecular complexity index is 724. The number of aromatic nitrogens is 1. The van der Waals surface area contributed by atoms with Gasteiger partial charge < -0.3 is 14.2 Å². The van der Waals surface area contributed by atoms with Crippen molar-refractivity contribution in [1.82, 2.24) is 10.1 Å². The molecule has 1 aromatic carbocycles. The van der Waals surface area contributed by atoms with Crippen LogP contribution in [0.15, 0.2) is 34.9 Å². The molecule has 0 N–H and O–H groups in total. The molecule has 0 unspecified atom stereocenters. The van der Waals surface area contributed by atoms with Gasteiger partial charge in [-0.3, -0.25) is 4.79 Å². The smallest absolute Gasteiger partial charge is 0.259 e. The third kappa shape index (κ3) is 3.61. The van der Waals surface area contributed by atoms with E-state index in [1.54, 1.807) is 6.92 Å². The molecule has 25 heavy (non-hydrogen) atoms. The van der Waals surface area contributed by atoms with Crippen molar-refractivity contribution in [3.63, 3.8) is 0 Å². The van der Waals surface area contributed by atoms with Gasteiger partial charge in [0, 0.05) is 6.54 Å². The van der Waals surface area contributed by atoms with E-state index in [1.165, 1.54) is 0 Å². The summed E-state index contributed by atoms with van der Waals surface area (Å²) in [5.41, 5.74) is 2.44. The van der Waals surface area contributed by atoms with Crippen LogP contribution in [-0.4, -0.2) is 35.2 Å². The number of ether oxygens (including phenoxy) is 1. The molecular weight excluding hydrogens is 316 g/mol. The van der Waals surface area contributed by atoms with Gasteiger partial charge in [-0.15, -0.1) is 0 Å². The molecule has 2 aromatic rings. The zero-order chi connectivity index (χ0) is 18.0. The van der Waals surface area contributed by atoms with Gasteiger partial charge in [0.05, 0.1) is 18.3 Å². The predicted octanol–water partition coefficient (Wildman–Crippen LogP) is 3.78. The fourth-order valence-electron chi connectivity index (χ4n) is 3.27. The molecule has 0 aliphatic carbocycles. The van der Waals surface area contributed by atoms with Crippen LogP contribution in [0.2, 0.25) is 0 Å². The quantitative estimate of drug-likeness (QED) is 0.848. The average molecular weight is 342 g/mol. The minimum Gasteiger partial charge on any atom is -0.366 e. The van der Waals surface area contributed by atoms with E-state index in [1.807, 2.05) is 30.0 Å². The Kier molecular flexibility index (Phi) is 5.23. The lowest BCUT2D eigenvalue weighted by Gasteiger charge is -2.40. The third-order valence-corrected chi connectivity index (χ3v) is 4.81. The van der Waals surface area contributed by atoms with Crippen molar-refractivity contribution in [2.75, 3.05) is 13.1 Å². The highest BCUT2D eigenvalue weighted by Gasteiger charge is 2.35. The Morgan fingerprint density at radius 3 is 2.64 bits per heavy atom. The van der Waals surface area contributed by atoms with Crippen LogP contribution in [0.25, 0.3) is 0 Å². The molecule has 3 rings (SSSR count). The molecule has 1 saturated heterocycles. The summed E-state index contributed by atoms with van der Waals surface area (Å²) in [7, 11) is 0. The van der Waals surface area contributed by atoms with E-state index < -0.39 is 0 Å². The third-order valence-electron chi connectivity index (χ3n) is 4.81. The maximum absolute atomic E-state index is 13.2. The van der Waals surface area contributed by atoms with Gasteiger partial charge in [0.2, 0.25) is 0 Å². The lowest BCUT2D eigenvalue weighted by atomic mass is 10.00. The van der Waals surface area contributed by atoms with Gasteiger partial charge in [-0.2, -0.15) is 0 Å². The Morgan fingerprint density at radius 1 is 1.28 bits per heavy atom. The second kappa shape index (κ2) is 7.40. The van der Waals surface area contributed by atoms with Gasteiger partial charge in [0.25, 0.3) is 5.91 Å². The molecule has 1 fully saturated rings. The fourth-order valence-corrected chi connectivity index (χ4v) is 3.27. The van der Waals surface area contributed by atoms with E-state index in [0.29, 0.717) is 36.8 Å². The summed E-state index contributed by atoms with van der Waals surface area (Å²) in [5, 5.41) is 4.03. The summed E-state index contributed by atoms with van der Waals surface area (Å²) in [5.74, 6) is 0.909. The highest BCUT2D eigenvalue weighted by Crippen LogP contribution is 2.30. The topological polar surface area (TPSA) is 55.6 Å². The van der Waals surface area contributed by atoms with Gasteiger partial charge in [-0.05, 0) is 24.8 Å². The molecule has 1 aliphatic heterocycles. The van der Waals surface area contributed by atoms with Crippen LogP contribution in [0.4, 0.5) is 0 Å². The Balaban J connectivity index is 1.89. The first-order chi connectivity index (χ1) is 12.0. The number of hydrogen-bond donors (Lipinski definition) is 0. The van der Waals surface area contributed by atoms with Crippen LogP contribution >= 0.6 is 0 Å². The number of morpholine rings is 1. The van der Waals surface area contributed by atoms with Gasteiger partial charge >= 0.3 is 0 Å². The number of amides is 1. The van der Waals surface area contributed by atoms with Crippen LogP contribution in [0.3, 0.4) is 0 Å². The van der Waals surface area contributed by atoms with Crippen LogP contribution < -0.4 is 0 Å². The van der Waals surface area contributed by atoms with Gasteiger partial charge in [0.15, 0.2) is 0 Å². The van der Waals surface area contributed by atoms with Crippen molar-refractivity contribution in [3.8, 4) is 0 Å². The fraction of sp³-hybridized carbons (Fsp3) is 0.500. The van der Waals surface area contributed by atoms with E-state index in [9.17, 15) is 4.79 Å². The normalized spacial score (nSPS) is 20.9. The molecule has 1 amide bonds. The molecule has 2 atom stereocenters. The SMILES string of the molecule is CCc1noc(C)c1C(=O)N1C[C@@H](c2ccccc2)O[C@@H](C(C)C)C1. The second-order valence-electron chi connectivity index (χ2n) is 6.94. The van der Waals surface area contributed by atoms with E-state index in [-0.39, 0.29) is 18.1 Å². The van der Waals surface area contributed by atoms with E-state index >= 15 is 0 Å². The molecule has 1 aromatic heterocycles. The number of benzene rings is 1. The number of hydrogen-bond acceptors (Lipinski definition) is 4. The standard InChI is InChI=1S/C20H26N2O3/c1-5-16-19(14(4)25-21-16)20(23)22-11-17(13(2)3)24-18(12-22)15-9-7-6-8-10-15/h6-10,13,17-18H,5,11-12H2,1-4H3/t17-,18+/m1/s1. The van der Waals surface area contributed by atoms with Crippen molar-refractivity contribution in [2.24, 2.45) is 5.92 Å². The molecule has 0 bridgehead atoms. The first kappa shape index (κ1) is 17.7. The molecule has 134 valence electrons. The maximum atomic E-state index is 13.2. The average Bonchev–Trinajstić information content (AvgIpc) is 3.02. The lowest BCUT2D eigenvalue weighted by molar-refractivity contribution is -0.0955. The predicted molar refractivity (Wildman–Crippen MR) is 95.4 cm³/mol. The molecule has 0 saturated carbocycles. The summed E-state index contributed by atoms with van der Waals surface area (Å²) < 4.78 is 11.5. The van der Waals surface area contributed by atoms with Crippen molar-refractivity contribution in [3.05, 3.63) is 52.9 Å².